The van der Waals surface area contributed by atoms with Crippen LogP contribution in [0, 0.1) is 0 Å². The molecule has 9 heteroatoms. The summed E-state index contributed by atoms with van der Waals surface area (Å²) >= 11 is 0. The molecule has 1 fully saturated rings. The Hall–Kier alpha value is -3.85. The van der Waals surface area contributed by atoms with E-state index < -0.39 is 0 Å². The zero-order valence-electron chi connectivity index (χ0n) is 17.7. The number of nitrogens with zero attached hydrogens (tertiary/aromatic N) is 7. The maximum Gasteiger partial charge on any atom is 0.156 e. The van der Waals surface area contributed by atoms with Gasteiger partial charge in [-0.05, 0) is 51.2 Å². The van der Waals surface area contributed by atoms with Gasteiger partial charge in [0, 0.05) is 36.1 Å². The highest BCUT2D eigenvalue weighted by Gasteiger charge is 2.22. The van der Waals surface area contributed by atoms with Crippen molar-refractivity contribution in [3.63, 3.8) is 0 Å². The summed E-state index contributed by atoms with van der Waals surface area (Å²) in [6.07, 6.45) is 11.5. The van der Waals surface area contributed by atoms with Crippen molar-refractivity contribution in [2.45, 2.75) is 18.8 Å². The zero-order chi connectivity index (χ0) is 21.5. The maximum atomic E-state index is 4.68. The van der Waals surface area contributed by atoms with E-state index in [1.165, 1.54) is 0 Å². The highest BCUT2D eigenvalue weighted by Crippen LogP contribution is 2.29. The number of imidazole rings is 1. The average Bonchev–Trinajstić information content (AvgIpc) is 3.46. The minimum absolute atomic E-state index is 0.454. The molecular weight excluding hydrogens is 402 g/mol. The van der Waals surface area contributed by atoms with E-state index in [1.807, 2.05) is 36.7 Å². The number of rotatable bonds is 4. The molecule has 0 aromatic carbocycles. The summed E-state index contributed by atoms with van der Waals surface area (Å²) in [5.41, 5.74) is 5.26. The number of H-pyrrole nitrogens is 1. The predicted octanol–water partition coefficient (Wildman–Crippen LogP) is 3.62. The molecule has 6 rings (SSSR count). The minimum atomic E-state index is 0.454. The van der Waals surface area contributed by atoms with Gasteiger partial charge in [-0.25, -0.2) is 9.97 Å². The van der Waals surface area contributed by atoms with Gasteiger partial charge >= 0.3 is 0 Å². The molecule has 0 aliphatic carbocycles. The first kappa shape index (κ1) is 18.9. The molecule has 0 bridgehead atoms. The van der Waals surface area contributed by atoms with Crippen molar-refractivity contribution in [1.82, 2.24) is 39.4 Å². The van der Waals surface area contributed by atoms with Gasteiger partial charge in [-0.2, -0.15) is 5.10 Å². The molecule has 5 aromatic heterocycles. The molecule has 0 spiro atoms. The first-order chi connectivity index (χ1) is 15.7. The van der Waals surface area contributed by atoms with E-state index in [2.05, 4.69) is 58.0 Å². The highest BCUT2D eigenvalue weighted by atomic mass is 15.2. The number of aromatic amines is 1. The summed E-state index contributed by atoms with van der Waals surface area (Å²) < 4.78 is 2.10. The van der Waals surface area contributed by atoms with Crippen LogP contribution in [0.1, 0.15) is 24.6 Å². The van der Waals surface area contributed by atoms with Crippen LogP contribution in [-0.4, -0.2) is 59.6 Å². The van der Waals surface area contributed by atoms with Crippen molar-refractivity contribution in [3.8, 4) is 11.3 Å². The number of fused-ring (bicyclic) bond motifs is 2. The highest BCUT2D eigenvalue weighted by molar-refractivity contribution is 5.90. The average molecular weight is 426 g/mol. The van der Waals surface area contributed by atoms with Crippen LogP contribution < -0.4 is 5.32 Å². The van der Waals surface area contributed by atoms with Crippen LogP contribution in [0.15, 0.2) is 55.2 Å². The number of anilines is 2. The van der Waals surface area contributed by atoms with Crippen LogP contribution in [0.2, 0.25) is 0 Å². The molecule has 9 nitrogen and oxygen atoms in total. The third-order valence-corrected chi connectivity index (χ3v) is 6.13. The molecule has 0 radical (unpaired) electrons. The second-order valence-corrected chi connectivity index (χ2v) is 8.29. The summed E-state index contributed by atoms with van der Waals surface area (Å²) in [4.78, 5) is 20.5. The topological polar surface area (TPSA) is 99.9 Å². The third-order valence-electron chi connectivity index (χ3n) is 6.13. The minimum Gasteiger partial charge on any atom is -0.336 e. The van der Waals surface area contributed by atoms with Gasteiger partial charge in [0.1, 0.15) is 5.82 Å². The Bertz CT molecular complexity index is 1390. The summed E-state index contributed by atoms with van der Waals surface area (Å²) in [6, 6.07) is 7.76. The van der Waals surface area contributed by atoms with Crippen molar-refractivity contribution in [3.05, 3.63) is 61.1 Å². The lowest BCUT2D eigenvalue weighted by atomic mass is 9.96. The van der Waals surface area contributed by atoms with Crippen LogP contribution in [0.25, 0.3) is 27.9 Å². The number of hydrogen-bond donors (Lipinski definition) is 2. The second-order valence-electron chi connectivity index (χ2n) is 8.29. The molecule has 1 aliphatic rings. The van der Waals surface area contributed by atoms with Crippen LogP contribution in [0.4, 0.5) is 11.5 Å². The maximum absolute atomic E-state index is 4.68. The number of piperidine rings is 1. The first-order valence-electron chi connectivity index (χ1n) is 10.8. The molecule has 0 amide bonds. The molecule has 1 aliphatic heterocycles. The van der Waals surface area contributed by atoms with E-state index >= 15 is 0 Å². The molecule has 160 valence electrons. The normalized spacial score (nSPS) is 15.5. The van der Waals surface area contributed by atoms with Crippen LogP contribution >= 0.6 is 0 Å². The van der Waals surface area contributed by atoms with Gasteiger partial charge in [0.15, 0.2) is 11.5 Å². The summed E-state index contributed by atoms with van der Waals surface area (Å²) in [7, 11) is 2.17. The molecule has 0 saturated carbocycles. The predicted molar refractivity (Wildman–Crippen MR) is 123 cm³/mol. The van der Waals surface area contributed by atoms with Crippen LogP contribution in [0.3, 0.4) is 0 Å². The van der Waals surface area contributed by atoms with Crippen molar-refractivity contribution in [2.24, 2.45) is 0 Å². The molecule has 32 heavy (non-hydrogen) atoms. The Kier molecular flexibility index (Phi) is 4.53. The summed E-state index contributed by atoms with van der Waals surface area (Å²) in [6.45, 7) is 2.19. The van der Waals surface area contributed by atoms with Crippen molar-refractivity contribution in [2.75, 3.05) is 25.5 Å². The lowest BCUT2D eigenvalue weighted by Crippen LogP contribution is -2.29. The monoisotopic (exact) mass is 425 g/mol. The van der Waals surface area contributed by atoms with Crippen molar-refractivity contribution < 1.29 is 0 Å². The first-order valence-corrected chi connectivity index (χ1v) is 10.8. The van der Waals surface area contributed by atoms with E-state index in [9.17, 15) is 0 Å². The second kappa shape index (κ2) is 7.69. The summed E-state index contributed by atoms with van der Waals surface area (Å²) in [5, 5.41) is 10.9. The molecule has 0 unspecified atom stereocenters. The van der Waals surface area contributed by atoms with Crippen LogP contribution in [-0.2, 0) is 0 Å². The Balaban J connectivity index is 1.28. The van der Waals surface area contributed by atoms with Gasteiger partial charge in [-0.1, -0.05) is 0 Å². The third kappa shape index (κ3) is 3.36. The quantitative estimate of drug-likeness (QED) is 0.454. The van der Waals surface area contributed by atoms with Gasteiger partial charge < -0.3 is 10.2 Å². The van der Waals surface area contributed by atoms with E-state index in [-0.39, 0.29) is 0 Å². The van der Waals surface area contributed by atoms with Crippen molar-refractivity contribution >= 4 is 28.2 Å². The Morgan fingerprint density at radius 3 is 2.84 bits per heavy atom. The van der Waals surface area contributed by atoms with E-state index in [0.29, 0.717) is 11.7 Å². The molecule has 2 N–H and O–H groups in total. The van der Waals surface area contributed by atoms with Gasteiger partial charge in [-0.15, -0.1) is 0 Å². The SMILES string of the molecule is CN1CCC(c2ncc3ncc(Nc4cc(-c5ccnc6cccnc56)[nH]n4)cn23)CC1. The van der Waals surface area contributed by atoms with Gasteiger partial charge in [-0.3, -0.25) is 19.5 Å². The molecular formula is C23H23N9. The number of nitrogens with one attached hydrogen (secondary N) is 2. The molecule has 0 atom stereocenters. The fraction of sp³-hybridized carbons (Fsp3) is 0.261. The van der Waals surface area contributed by atoms with Gasteiger partial charge in [0.2, 0.25) is 0 Å². The Morgan fingerprint density at radius 2 is 1.94 bits per heavy atom. The van der Waals surface area contributed by atoms with E-state index in [1.54, 1.807) is 12.4 Å². The molecule has 5 aromatic rings. The zero-order valence-corrected chi connectivity index (χ0v) is 17.7. The fourth-order valence-electron chi connectivity index (χ4n) is 4.40. The van der Waals surface area contributed by atoms with Crippen LogP contribution in [0.5, 0.6) is 0 Å². The number of aromatic nitrogens is 7. The number of hydrogen-bond acceptors (Lipinski definition) is 7. The van der Waals surface area contributed by atoms with Gasteiger partial charge in [0.05, 0.1) is 34.8 Å². The van der Waals surface area contributed by atoms with E-state index in [4.69, 9.17) is 0 Å². The lowest BCUT2D eigenvalue weighted by Gasteiger charge is -2.28. The fourth-order valence-corrected chi connectivity index (χ4v) is 4.40. The van der Waals surface area contributed by atoms with Crippen molar-refractivity contribution in [1.29, 1.82) is 0 Å². The van der Waals surface area contributed by atoms with Gasteiger partial charge in [0.25, 0.3) is 0 Å². The molecule has 1 saturated heterocycles. The lowest BCUT2D eigenvalue weighted by molar-refractivity contribution is 0.251. The Labute approximate surface area is 184 Å². The number of likely N-dealkylation sites (tertiary alicyclic amines) is 1. The molecule has 6 heterocycles. The summed E-state index contributed by atoms with van der Waals surface area (Å²) in [5.74, 6) is 2.25. The number of pyridine rings is 2. The Morgan fingerprint density at radius 1 is 1.03 bits per heavy atom. The largest absolute Gasteiger partial charge is 0.336 e. The van der Waals surface area contributed by atoms with E-state index in [0.717, 1.165) is 65.4 Å². The standard InChI is InChI=1S/C23H23N9/c1-31-9-5-15(6-10-31)23-27-13-21-26-12-16(14-32(21)23)28-20-11-19(29-30-20)17-4-8-24-18-3-2-7-25-22(17)18/h2-4,7-8,11-15H,5-6,9-10H2,1H3,(H2,28,29,30). The smallest absolute Gasteiger partial charge is 0.156 e.